The number of carbonyl (C=O) groups excluding carboxylic acids is 2. The molecule has 0 aliphatic carbocycles. The average Bonchev–Trinajstić information content (AvgIpc) is 2.47. The molecule has 102 valence electrons. The summed E-state index contributed by atoms with van der Waals surface area (Å²) in [6.45, 7) is -0.0260. The Morgan fingerprint density at radius 1 is 1.00 bits per heavy atom. The van der Waals surface area contributed by atoms with Crippen LogP contribution >= 0.6 is 31.9 Å². The van der Waals surface area contributed by atoms with Crippen molar-refractivity contribution < 1.29 is 9.59 Å². The fraction of sp³-hybridized carbons (Fsp3) is 0.0667. The van der Waals surface area contributed by atoms with Crippen LogP contribution in [0.2, 0.25) is 0 Å². The zero-order valence-corrected chi connectivity index (χ0v) is 13.6. The Bertz CT molecular complexity index is 642. The third-order valence-corrected chi connectivity index (χ3v) is 3.86. The summed E-state index contributed by atoms with van der Waals surface area (Å²) in [4.78, 5) is 23.9. The number of hydrogen-bond acceptors (Lipinski definition) is 2. The van der Waals surface area contributed by atoms with Crippen LogP contribution in [-0.4, -0.2) is 18.2 Å². The lowest BCUT2D eigenvalue weighted by Crippen LogP contribution is -2.29. The summed E-state index contributed by atoms with van der Waals surface area (Å²) in [7, 11) is 0. The quantitative estimate of drug-likeness (QED) is 0.798. The number of carbonyl (C=O) groups is 2. The van der Waals surface area contributed by atoms with Gasteiger partial charge in [0.25, 0.3) is 5.91 Å². The Balaban J connectivity index is 2.02. The molecule has 0 saturated carbocycles. The Labute approximate surface area is 133 Å². The second-order valence-electron chi connectivity index (χ2n) is 4.10. The molecule has 0 aliphatic heterocycles. The molecule has 0 aliphatic rings. The first-order valence-electron chi connectivity index (χ1n) is 5.89. The van der Waals surface area contributed by atoms with Crippen molar-refractivity contribution in [1.82, 2.24) is 5.32 Å². The zero-order chi connectivity index (χ0) is 14.5. The molecule has 0 heterocycles. The maximum Gasteiger partial charge on any atom is 0.252 e. The lowest BCUT2D eigenvalue weighted by Gasteiger charge is -2.07. The van der Waals surface area contributed by atoms with Crippen molar-refractivity contribution in [1.29, 1.82) is 0 Å². The predicted molar refractivity (Wildman–Crippen MR) is 84.9 cm³/mol. The number of halogens is 2. The summed E-state index contributed by atoms with van der Waals surface area (Å²) in [6, 6.07) is 14.2. The summed E-state index contributed by atoms with van der Waals surface area (Å²) in [5.41, 5.74) is 1.07. The van der Waals surface area contributed by atoms with Gasteiger partial charge in [-0.1, -0.05) is 46.3 Å². The number of nitrogens with one attached hydrogen (secondary N) is 1. The van der Waals surface area contributed by atoms with E-state index in [-0.39, 0.29) is 18.2 Å². The van der Waals surface area contributed by atoms with Gasteiger partial charge < -0.3 is 5.32 Å². The number of ketones is 1. The molecule has 20 heavy (non-hydrogen) atoms. The highest BCUT2D eigenvalue weighted by Gasteiger charge is 2.12. The fourth-order valence-electron chi connectivity index (χ4n) is 1.65. The summed E-state index contributed by atoms with van der Waals surface area (Å²) in [5, 5.41) is 2.63. The predicted octanol–water partition coefficient (Wildman–Crippen LogP) is 3.82. The first-order chi connectivity index (χ1) is 9.58. The van der Waals surface area contributed by atoms with Gasteiger partial charge in [0.05, 0.1) is 12.1 Å². The van der Waals surface area contributed by atoms with Crippen molar-refractivity contribution in [3.8, 4) is 0 Å². The zero-order valence-electron chi connectivity index (χ0n) is 10.4. The molecule has 0 bridgehead atoms. The van der Waals surface area contributed by atoms with Crippen LogP contribution in [0.4, 0.5) is 0 Å². The molecule has 2 rings (SSSR count). The maximum absolute atomic E-state index is 12.0. The number of benzene rings is 2. The monoisotopic (exact) mass is 395 g/mol. The molecule has 0 aromatic heterocycles. The van der Waals surface area contributed by atoms with E-state index in [0.29, 0.717) is 15.6 Å². The minimum absolute atomic E-state index is 0.0260. The smallest absolute Gasteiger partial charge is 0.252 e. The lowest BCUT2D eigenvalue weighted by atomic mass is 10.1. The largest absolute Gasteiger partial charge is 0.345 e. The van der Waals surface area contributed by atoms with Gasteiger partial charge in [0.2, 0.25) is 0 Å². The average molecular weight is 397 g/mol. The highest BCUT2D eigenvalue weighted by molar-refractivity contribution is 9.11. The Kier molecular flexibility index (Phi) is 5.09. The summed E-state index contributed by atoms with van der Waals surface area (Å²) in [5.74, 6) is -0.410. The Morgan fingerprint density at radius 2 is 1.70 bits per heavy atom. The van der Waals surface area contributed by atoms with E-state index in [9.17, 15) is 9.59 Å². The number of amides is 1. The molecule has 0 spiro atoms. The molecule has 0 radical (unpaired) electrons. The van der Waals surface area contributed by atoms with E-state index in [1.165, 1.54) is 0 Å². The molecule has 1 N–H and O–H groups in total. The first-order valence-corrected chi connectivity index (χ1v) is 7.48. The van der Waals surface area contributed by atoms with Crippen LogP contribution in [0.15, 0.2) is 57.5 Å². The van der Waals surface area contributed by atoms with Crippen LogP contribution in [-0.2, 0) is 0 Å². The molecule has 0 saturated heterocycles. The molecule has 5 heteroatoms. The molecular formula is C15H11Br2NO2. The van der Waals surface area contributed by atoms with Crippen molar-refractivity contribution in [2.24, 2.45) is 0 Å². The molecule has 2 aromatic rings. The second-order valence-corrected chi connectivity index (χ2v) is 5.87. The minimum Gasteiger partial charge on any atom is -0.345 e. The molecule has 0 atom stereocenters. The van der Waals surface area contributed by atoms with Gasteiger partial charge in [-0.15, -0.1) is 0 Å². The van der Waals surface area contributed by atoms with Crippen LogP contribution < -0.4 is 5.32 Å². The van der Waals surface area contributed by atoms with Crippen molar-refractivity contribution >= 4 is 43.6 Å². The van der Waals surface area contributed by atoms with E-state index in [0.717, 1.165) is 4.47 Å². The molecule has 3 nitrogen and oxygen atoms in total. The van der Waals surface area contributed by atoms with Gasteiger partial charge in [0.1, 0.15) is 0 Å². The lowest BCUT2D eigenvalue weighted by molar-refractivity contribution is 0.0903. The maximum atomic E-state index is 12.0. The normalized spacial score (nSPS) is 10.1. The number of rotatable bonds is 4. The van der Waals surface area contributed by atoms with Gasteiger partial charge in [0, 0.05) is 14.5 Å². The van der Waals surface area contributed by atoms with Crippen LogP contribution in [0.25, 0.3) is 0 Å². The summed E-state index contributed by atoms with van der Waals surface area (Å²) < 4.78 is 1.49. The van der Waals surface area contributed by atoms with E-state index in [1.807, 2.05) is 12.1 Å². The van der Waals surface area contributed by atoms with Gasteiger partial charge in [-0.2, -0.15) is 0 Å². The fourth-order valence-corrected chi connectivity index (χ4v) is 2.44. The van der Waals surface area contributed by atoms with Crippen LogP contribution in [0.1, 0.15) is 20.7 Å². The summed E-state index contributed by atoms with van der Waals surface area (Å²) in [6.07, 6.45) is 0. The van der Waals surface area contributed by atoms with Gasteiger partial charge >= 0.3 is 0 Å². The Morgan fingerprint density at radius 3 is 2.40 bits per heavy atom. The third kappa shape index (κ3) is 3.77. The molecular weight excluding hydrogens is 386 g/mol. The van der Waals surface area contributed by atoms with E-state index in [2.05, 4.69) is 37.2 Å². The summed E-state index contributed by atoms with van der Waals surface area (Å²) >= 11 is 6.63. The van der Waals surface area contributed by atoms with Crippen LogP contribution in [0.5, 0.6) is 0 Å². The van der Waals surface area contributed by atoms with Crippen LogP contribution in [0, 0.1) is 0 Å². The second kappa shape index (κ2) is 6.81. The Hall–Kier alpha value is -1.46. The van der Waals surface area contributed by atoms with Crippen molar-refractivity contribution in [2.75, 3.05) is 6.54 Å². The van der Waals surface area contributed by atoms with Crippen molar-refractivity contribution in [3.05, 3.63) is 68.6 Å². The van der Waals surface area contributed by atoms with E-state index < -0.39 is 0 Å². The third-order valence-electron chi connectivity index (χ3n) is 2.68. The van der Waals surface area contributed by atoms with Gasteiger partial charge in [0.15, 0.2) is 5.78 Å². The SMILES string of the molecule is O=C(CNC(=O)c1cc(Br)ccc1Br)c1ccccc1. The van der Waals surface area contributed by atoms with E-state index in [4.69, 9.17) is 0 Å². The number of Topliss-reactive ketones (excluding diaryl/α,β-unsaturated/α-hetero) is 1. The van der Waals surface area contributed by atoms with Crippen LogP contribution in [0.3, 0.4) is 0 Å². The minimum atomic E-state index is -0.289. The standard InChI is InChI=1S/C15H11Br2NO2/c16-11-6-7-13(17)12(8-11)15(20)18-9-14(19)10-4-2-1-3-5-10/h1-8H,9H2,(H,18,20). The van der Waals surface area contributed by atoms with E-state index in [1.54, 1.807) is 36.4 Å². The molecule has 1 amide bonds. The highest BCUT2D eigenvalue weighted by atomic mass is 79.9. The van der Waals surface area contributed by atoms with Gasteiger partial charge in [-0.3, -0.25) is 9.59 Å². The van der Waals surface area contributed by atoms with Gasteiger partial charge in [-0.05, 0) is 34.1 Å². The van der Waals surface area contributed by atoms with Gasteiger partial charge in [-0.25, -0.2) is 0 Å². The van der Waals surface area contributed by atoms with E-state index >= 15 is 0 Å². The molecule has 0 unspecified atom stereocenters. The molecule has 2 aromatic carbocycles. The highest BCUT2D eigenvalue weighted by Crippen LogP contribution is 2.21. The van der Waals surface area contributed by atoms with Crippen molar-refractivity contribution in [3.63, 3.8) is 0 Å². The molecule has 0 fully saturated rings. The van der Waals surface area contributed by atoms with Crippen molar-refractivity contribution in [2.45, 2.75) is 0 Å². The topological polar surface area (TPSA) is 46.2 Å². The first kappa shape index (κ1) is 14.9. The number of hydrogen-bond donors (Lipinski definition) is 1.